The van der Waals surface area contributed by atoms with E-state index in [9.17, 15) is 19.7 Å². The Bertz CT molecular complexity index is 1550. The maximum atomic E-state index is 14.3. The van der Waals surface area contributed by atoms with Gasteiger partial charge in [-0.25, -0.2) is 4.90 Å². The van der Waals surface area contributed by atoms with Gasteiger partial charge in [0.05, 0.1) is 11.6 Å². The van der Waals surface area contributed by atoms with Crippen molar-refractivity contribution in [3.63, 3.8) is 0 Å². The largest absolute Gasteiger partial charge is 0.285 e. The van der Waals surface area contributed by atoms with Crippen molar-refractivity contribution >= 4 is 17.5 Å². The predicted molar refractivity (Wildman–Crippen MR) is 134 cm³/mol. The van der Waals surface area contributed by atoms with Crippen molar-refractivity contribution in [1.29, 1.82) is 0 Å². The van der Waals surface area contributed by atoms with Crippen LogP contribution in [0, 0.1) is 22.0 Å². The number of nitrogens with zero attached hydrogens (tertiary/aromatic N) is 2. The molecule has 4 aliphatic rings. The first-order chi connectivity index (χ1) is 17.6. The van der Waals surface area contributed by atoms with Gasteiger partial charge in [-0.2, -0.15) is 0 Å². The maximum Gasteiger partial charge on any atom is 0.285 e. The summed E-state index contributed by atoms with van der Waals surface area (Å²) in [4.78, 5) is 42.4. The number of nitro groups is 1. The van der Waals surface area contributed by atoms with E-state index in [-0.39, 0.29) is 10.8 Å². The Kier molecular flexibility index (Phi) is 4.16. The van der Waals surface area contributed by atoms with E-state index in [1.807, 2.05) is 66.7 Å². The quantitative estimate of drug-likeness (QED) is 0.235. The molecule has 0 unspecified atom stereocenters. The zero-order chi connectivity index (χ0) is 24.6. The van der Waals surface area contributed by atoms with Crippen molar-refractivity contribution in [3.8, 4) is 11.1 Å². The van der Waals surface area contributed by atoms with Crippen LogP contribution in [-0.2, 0) is 15.1 Å². The molecule has 1 fully saturated rings. The van der Waals surface area contributed by atoms with E-state index in [2.05, 4.69) is 0 Å². The number of para-hydroxylation sites is 1. The second-order valence-electron chi connectivity index (χ2n) is 9.57. The number of rotatable bonds is 3. The van der Waals surface area contributed by atoms with Gasteiger partial charge in [0, 0.05) is 27.5 Å². The SMILES string of the molecule is O=C1[C@H]2C3c4ccccc4C([N+](=O)[O-])(c4ccccc43)[C@H]2C(=O)N1c1ccccc1-c1ccccc1. The summed E-state index contributed by atoms with van der Waals surface area (Å²) in [7, 11) is 0. The van der Waals surface area contributed by atoms with Crippen LogP contribution in [0.4, 0.5) is 5.69 Å². The van der Waals surface area contributed by atoms with Crippen molar-refractivity contribution in [2.75, 3.05) is 4.90 Å². The average Bonchev–Trinajstić information content (AvgIpc) is 3.19. The van der Waals surface area contributed by atoms with E-state index >= 15 is 0 Å². The molecule has 2 bridgehead atoms. The van der Waals surface area contributed by atoms with E-state index in [1.54, 1.807) is 36.4 Å². The predicted octanol–water partition coefficient (Wildman–Crippen LogP) is 5.14. The topological polar surface area (TPSA) is 80.5 Å². The van der Waals surface area contributed by atoms with Gasteiger partial charge in [-0.3, -0.25) is 19.7 Å². The molecule has 0 spiro atoms. The maximum absolute atomic E-state index is 14.3. The van der Waals surface area contributed by atoms with E-state index in [0.29, 0.717) is 16.8 Å². The summed E-state index contributed by atoms with van der Waals surface area (Å²) in [5.41, 5.74) is 2.77. The second-order valence-corrected chi connectivity index (χ2v) is 9.57. The molecule has 4 aromatic carbocycles. The smallest absolute Gasteiger partial charge is 0.274 e. The average molecular weight is 473 g/mol. The minimum absolute atomic E-state index is 0.338. The first-order valence-electron chi connectivity index (χ1n) is 11.9. The molecule has 3 aliphatic carbocycles. The van der Waals surface area contributed by atoms with Gasteiger partial charge in [-0.1, -0.05) is 97.1 Å². The third-order valence-electron chi connectivity index (χ3n) is 8.09. The van der Waals surface area contributed by atoms with Crippen LogP contribution in [0.25, 0.3) is 11.1 Å². The molecule has 0 saturated carbocycles. The highest BCUT2D eigenvalue weighted by molar-refractivity contribution is 6.25. The first-order valence-corrected chi connectivity index (χ1v) is 11.9. The highest BCUT2D eigenvalue weighted by Crippen LogP contribution is 2.64. The highest BCUT2D eigenvalue weighted by atomic mass is 16.6. The Hall–Kier alpha value is -4.58. The lowest BCUT2D eigenvalue weighted by atomic mass is 9.51. The van der Waals surface area contributed by atoms with Gasteiger partial charge >= 0.3 is 0 Å². The number of carbonyl (C=O) groups is 2. The van der Waals surface area contributed by atoms with Crippen LogP contribution in [0.5, 0.6) is 0 Å². The lowest BCUT2D eigenvalue weighted by Crippen LogP contribution is -2.57. The van der Waals surface area contributed by atoms with Gasteiger partial charge in [0.25, 0.3) is 5.54 Å². The summed E-state index contributed by atoms with van der Waals surface area (Å²) in [5.74, 6) is -3.29. The Balaban J connectivity index is 1.50. The van der Waals surface area contributed by atoms with E-state index < -0.39 is 29.2 Å². The van der Waals surface area contributed by atoms with Gasteiger partial charge in [-0.05, 0) is 22.8 Å². The van der Waals surface area contributed by atoms with Crippen LogP contribution in [0.2, 0.25) is 0 Å². The molecule has 0 N–H and O–H groups in total. The van der Waals surface area contributed by atoms with E-state index in [4.69, 9.17) is 0 Å². The summed E-state index contributed by atoms with van der Waals surface area (Å²) >= 11 is 0. The highest BCUT2D eigenvalue weighted by Gasteiger charge is 2.74. The molecule has 1 aliphatic heterocycles. The summed E-state index contributed by atoms with van der Waals surface area (Å²) in [6.45, 7) is 0. The third kappa shape index (κ3) is 2.36. The standard InChI is InChI=1S/C30H20N2O4/c33-28-26-25-20-13-4-7-15-22(20)30(32(35)36,23-16-8-5-14-21(23)25)27(26)29(34)31(28)24-17-9-6-12-19(24)18-10-2-1-3-11-18/h1-17,25-27H/t25?,26-,27+,30?/m0/s1. The Morgan fingerprint density at radius 1 is 0.694 bits per heavy atom. The molecule has 1 heterocycles. The molecule has 0 aromatic heterocycles. The zero-order valence-electron chi connectivity index (χ0n) is 19.1. The van der Waals surface area contributed by atoms with Crippen LogP contribution < -0.4 is 4.90 Å². The van der Waals surface area contributed by atoms with Crippen LogP contribution in [0.3, 0.4) is 0 Å². The molecule has 6 heteroatoms. The Morgan fingerprint density at radius 2 is 1.25 bits per heavy atom. The van der Waals surface area contributed by atoms with Crippen molar-refractivity contribution in [2.45, 2.75) is 11.5 Å². The van der Waals surface area contributed by atoms with Crippen LogP contribution >= 0.6 is 0 Å². The fourth-order valence-corrected chi connectivity index (χ4v) is 6.81. The second kappa shape index (κ2) is 7.21. The summed E-state index contributed by atoms with van der Waals surface area (Å²) in [6, 6.07) is 31.2. The van der Waals surface area contributed by atoms with Gasteiger partial charge in [-0.15, -0.1) is 0 Å². The summed E-state index contributed by atoms with van der Waals surface area (Å²) < 4.78 is 0. The summed E-state index contributed by atoms with van der Waals surface area (Å²) in [6.07, 6.45) is 0. The fraction of sp³-hybridized carbons (Fsp3) is 0.133. The lowest BCUT2D eigenvalue weighted by molar-refractivity contribution is -0.578. The molecular formula is C30H20N2O4. The van der Waals surface area contributed by atoms with Gasteiger partial charge in [0.15, 0.2) is 0 Å². The van der Waals surface area contributed by atoms with Crippen LogP contribution in [0.1, 0.15) is 28.2 Å². The molecule has 174 valence electrons. The molecule has 1 saturated heterocycles. The minimum atomic E-state index is -1.82. The molecule has 36 heavy (non-hydrogen) atoms. The normalized spacial score (nSPS) is 25.3. The Labute approximate surface area is 207 Å². The zero-order valence-corrected chi connectivity index (χ0v) is 19.1. The van der Waals surface area contributed by atoms with Gasteiger partial charge < -0.3 is 0 Å². The Morgan fingerprint density at radius 3 is 1.89 bits per heavy atom. The fourth-order valence-electron chi connectivity index (χ4n) is 6.81. The number of imide groups is 1. The number of benzene rings is 4. The number of anilines is 1. The van der Waals surface area contributed by atoms with Crippen molar-refractivity contribution in [3.05, 3.63) is 135 Å². The van der Waals surface area contributed by atoms with Crippen LogP contribution in [0.15, 0.2) is 103 Å². The van der Waals surface area contributed by atoms with Crippen molar-refractivity contribution in [1.82, 2.24) is 0 Å². The monoisotopic (exact) mass is 472 g/mol. The first kappa shape index (κ1) is 20.8. The van der Waals surface area contributed by atoms with Crippen molar-refractivity contribution < 1.29 is 14.5 Å². The molecule has 8 rings (SSSR count). The molecule has 4 aromatic rings. The van der Waals surface area contributed by atoms with Gasteiger partial charge in [0.1, 0.15) is 5.92 Å². The molecule has 6 nitrogen and oxygen atoms in total. The van der Waals surface area contributed by atoms with E-state index in [0.717, 1.165) is 22.3 Å². The minimum Gasteiger partial charge on any atom is -0.274 e. The lowest BCUT2D eigenvalue weighted by Gasteiger charge is -2.48. The molecule has 0 radical (unpaired) electrons. The number of carbonyl (C=O) groups excluding carboxylic acids is 2. The van der Waals surface area contributed by atoms with Gasteiger partial charge in [0.2, 0.25) is 11.8 Å². The molecule has 2 amide bonds. The third-order valence-corrected chi connectivity index (χ3v) is 8.09. The van der Waals surface area contributed by atoms with Crippen molar-refractivity contribution in [2.24, 2.45) is 11.8 Å². The molecule has 2 atom stereocenters. The number of hydrogen-bond acceptors (Lipinski definition) is 4. The van der Waals surface area contributed by atoms with E-state index in [1.165, 1.54) is 4.90 Å². The van der Waals surface area contributed by atoms with Crippen LogP contribution in [-0.4, -0.2) is 16.7 Å². The number of hydrogen-bond donors (Lipinski definition) is 0. The molecular weight excluding hydrogens is 452 g/mol. The summed E-state index contributed by atoms with van der Waals surface area (Å²) in [5, 5.41) is 13.1. The number of amides is 2.